The van der Waals surface area contributed by atoms with Gasteiger partial charge in [0.05, 0.1) is 11.7 Å². The summed E-state index contributed by atoms with van der Waals surface area (Å²) in [5.74, 6) is 5.16. The van der Waals surface area contributed by atoms with E-state index in [1.165, 1.54) is 18.2 Å². The molecule has 1 atom stereocenters. The summed E-state index contributed by atoms with van der Waals surface area (Å²) < 4.78 is 14.9. The van der Waals surface area contributed by atoms with Gasteiger partial charge in [-0.1, -0.05) is 0 Å². The summed E-state index contributed by atoms with van der Waals surface area (Å²) in [5, 5.41) is 4.05. The number of benzene rings is 1. The first-order chi connectivity index (χ1) is 8.13. The molecule has 5 N–H and O–H groups in total. The Balaban J connectivity index is 2.49. The van der Waals surface area contributed by atoms with Crippen LogP contribution in [-0.4, -0.2) is 9.78 Å². The SMILES string of the molecule is Cn1nccc1C(NN)c1cc(F)ccc1N. The molecule has 1 aromatic heterocycles. The fraction of sp³-hybridized carbons (Fsp3) is 0.182. The van der Waals surface area contributed by atoms with E-state index in [9.17, 15) is 4.39 Å². The number of hydrogen-bond acceptors (Lipinski definition) is 4. The standard InChI is InChI=1S/C11H14FN5/c1-17-10(4-5-15-17)11(16-14)8-6-7(12)2-3-9(8)13/h2-6,11,16H,13-14H2,1H3. The van der Waals surface area contributed by atoms with Crippen LogP contribution in [0, 0.1) is 5.82 Å². The number of aromatic nitrogens is 2. The molecule has 1 unspecified atom stereocenters. The molecule has 2 rings (SSSR count). The third-order valence-electron chi connectivity index (χ3n) is 2.68. The highest BCUT2D eigenvalue weighted by Crippen LogP contribution is 2.26. The van der Waals surface area contributed by atoms with Gasteiger partial charge < -0.3 is 5.73 Å². The number of hydrogen-bond donors (Lipinski definition) is 3. The van der Waals surface area contributed by atoms with Gasteiger partial charge in [0.1, 0.15) is 5.82 Å². The lowest BCUT2D eigenvalue weighted by Gasteiger charge is -2.18. The number of hydrazine groups is 1. The maximum absolute atomic E-state index is 13.2. The number of rotatable bonds is 3. The molecule has 6 heteroatoms. The van der Waals surface area contributed by atoms with Gasteiger partial charge in [-0.15, -0.1) is 0 Å². The van der Waals surface area contributed by atoms with Crippen LogP contribution in [0.1, 0.15) is 17.3 Å². The van der Waals surface area contributed by atoms with Gasteiger partial charge in [0, 0.05) is 24.5 Å². The summed E-state index contributed by atoms with van der Waals surface area (Å²) in [4.78, 5) is 0. The Hall–Kier alpha value is -1.92. The van der Waals surface area contributed by atoms with E-state index in [4.69, 9.17) is 11.6 Å². The molecule has 17 heavy (non-hydrogen) atoms. The predicted octanol–water partition coefficient (Wildman–Crippen LogP) is 0.694. The molecular formula is C11H14FN5. The van der Waals surface area contributed by atoms with Crippen molar-refractivity contribution in [2.75, 3.05) is 5.73 Å². The topological polar surface area (TPSA) is 81.9 Å². The zero-order valence-corrected chi connectivity index (χ0v) is 9.39. The fourth-order valence-corrected chi connectivity index (χ4v) is 1.80. The molecule has 0 radical (unpaired) electrons. The summed E-state index contributed by atoms with van der Waals surface area (Å²) >= 11 is 0. The van der Waals surface area contributed by atoms with E-state index in [0.29, 0.717) is 11.3 Å². The van der Waals surface area contributed by atoms with Crippen molar-refractivity contribution in [3.05, 3.63) is 47.5 Å². The number of nitrogens with zero attached hydrogens (tertiary/aromatic N) is 2. The smallest absolute Gasteiger partial charge is 0.123 e. The largest absolute Gasteiger partial charge is 0.398 e. The van der Waals surface area contributed by atoms with E-state index in [1.807, 2.05) is 0 Å². The number of aryl methyl sites for hydroxylation is 1. The van der Waals surface area contributed by atoms with Crippen LogP contribution in [0.25, 0.3) is 0 Å². The lowest BCUT2D eigenvalue weighted by atomic mass is 10.0. The van der Waals surface area contributed by atoms with E-state index >= 15 is 0 Å². The first-order valence-corrected chi connectivity index (χ1v) is 5.12. The van der Waals surface area contributed by atoms with Gasteiger partial charge in [-0.05, 0) is 24.3 Å². The summed E-state index contributed by atoms with van der Waals surface area (Å²) in [6, 6.07) is 5.61. The Kier molecular flexibility index (Phi) is 3.08. The Labute approximate surface area is 98.2 Å². The maximum Gasteiger partial charge on any atom is 0.123 e. The molecule has 2 aromatic rings. The summed E-state index contributed by atoms with van der Waals surface area (Å²) in [6.45, 7) is 0. The van der Waals surface area contributed by atoms with Gasteiger partial charge in [-0.2, -0.15) is 5.10 Å². The average molecular weight is 235 g/mol. The molecule has 90 valence electrons. The molecule has 0 aliphatic rings. The van der Waals surface area contributed by atoms with Gasteiger partial charge in [-0.3, -0.25) is 10.5 Å². The molecule has 0 saturated carbocycles. The number of halogens is 1. The maximum atomic E-state index is 13.2. The molecule has 0 fully saturated rings. The normalized spacial score (nSPS) is 12.6. The van der Waals surface area contributed by atoms with Gasteiger partial charge in [0.25, 0.3) is 0 Å². The minimum Gasteiger partial charge on any atom is -0.398 e. The quantitative estimate of drug-likeness (QED) is 0.415. The van der Waals surface area contributed by atoms with Crippen molar-refractivity contribution in [1.29, 1.82) is 0 Å². The van der Waals surface area contributed by atoms with Gasteiger partial charge in [0.15, 0.2) is 0 Å². The second kappa shape index (κ2) is 4.52. The summed E-state index contributed by atoms with van der Waals surface area (Å²) in [5.41, 5.74) is 10.3. The zero-order chi connectivity index (χ0) is 12.4. The van der Waals surface area contributed by atoms with E-state index in [-0.39, 0.29) is 5.82 Å². The van der Waals surface area contributed by atoms with Crippen molar-refractivity contribution in [3.63, 3.8) is 0 Å². The van der Waals surface area contributed by atoms with E-state index in [2.05, 4.69) is 10.5 Å². The zero-order valence-electron chi connectivity index (χ0n) is 9.39. The van der Waals surface area contributed by atoms with Gasteiger partial charge in [0.2, 0.25) is 0 Å². The van der Waals surface area contributed by atoms with E-state index < -0.39 is 6.04 Å². The number of nitrogen functional groups attached to an aromatic ring is 1. The molecule has 0 aliphatic carbocycles. The van der Waals surface area contributed by atoms with Crippen molar-refractivity contribution < 1.29 is 4.39 Å². The minimum atomic E-state index is -0.391. The second-order valence-electron chi connectivity index (χ2n) is 3.75. The van der Waals surface area contributed by atoms with Crippen molar-refractivity contribution in [2.24, 2.45) is 12.9 Å². The molecule has 0 bridgehead atoms. The minimum absolute atomic E-state index is 0.350. The first kappa shape index (κ1) is 11.6. The molecule has 1 aromatic carbocycles. The Morgan fingerprint density at radius 1 is 1.41 bits per heavy atom. The average Bonchev–Trinajstić information content (AvgIpc) is 2.71. The van der Waals surface area contributed by atoms with Crippen molar-refractivity contribution >= 4 is 5.69 Å². The molecule has 0 saturated heterocycles. The van der Waals surface area contributed by atoms with Crippen LogP contribution >= 0.6 is 0 Å². The van der Waals surface area contributed by atoms with Crippen LogP contribution < -0.4 is 17.0 Å². The molecule has 5 nitrogen and oxygen atoms in total. The number of nitrogens with two attached hydrogens (primary N) is 2. The van der Waals surface area contributed by atoms with Crippen LogP contribution in [0.15, 0.2) is 30.5 Å². The third kappa shape index (κ3) is 2.13. The van der Waals surface area contributed by atoms with Crippen molar-refractivity contribution in [2.45, 2.75) is 6.04 Å². The first-order valence-electron chi connectivity index (χ1n) is 5.12. The number of nitrogens with one attached hydrogen (secondary N) is 1. The fourth-order valence-electron chi connectivity index (χ4n) is 1.80. The molecular weight excluding hydrogens is 221 g/mol. The Morgan fingerprint density at radius 2 is 2.18 bits per heavy atom. The molecule has 0 aliphatic heterocycles. The highest BCUT2D eigenvalue weighted by molar-refractivity contribution is 5.50. The molecule has 0 spiro atoms. The molecule has 1 heterocycles. The van der Waals surface area contributed by atoms with Gasteiger partial charge in [-0.25, -0.2) is 9.82 Å². The summed E-state index contributed by atoms with van der Waals surface area (Å²) in [6.07, 6.45) is 1.65. The number of anilines is 1. The van der Waals surface area contributed by atoms with E-state index in [1.54, 1.807) is 24.0 Å². The summed E-state index contributed by atoms with van der Waals surface area (Å²) in [7, 11) is 1.79. The van der Waals surface area contributed by atoms with Crippen molar-refractivity contribution in [1.82, 2.24) is 15.2 Å². The van der Waals surface area contributed by atoms with E-state index in [0.717, 1.165) is 5.69 Å². The third-order valence-corrected chi connectivity index (χ3v) is 2.68. The highest BCUT2D eigenvalue weighted by Gasteiger charge is 2.18. The van der Waals surface area contributed by atoms with Crippen LogP contribution in [0.5, 0.6) is 0 Å². The van der Waals surface area contributed by atoms with Crippen LogP contribution in [0.4, 0.5) is 10.1 Å². The van der Waals surface area contributed by atoms with Crippen molar-refractivity contribution in [3.8, 4) is 0 Å². The Morgan fingerprint density at radius 3 is 2.76 bits per heavy atom. The lowest BCUT2D eigenvalue weighted by molar-refractivity contribution is 0.568. The van der Waals surface area contributed by atoms with Crippen LogP contribution in [-0.2, 0) is 7.05 Å². The molecule has 0 amide bonds. The van der Waals surface area contributed by atoms with Crippen LogP contribution in [0.3, 0.4) is 0 Å². The monoisotopic (exact) mass is 235 g/mol. The highest BCUT2D eigenvalue weighted by atomic mass is 19.1. The predicted molar refractivity (Wildman–Crippen MR) is 63.2 cm³/mol. The lowest BCUT2D eigenvalue weighted by Crippen LogP contribution is -2.31. The Bertz CT molecular complexity index is 522. The van der Waals surface area contributed by atoms with Gasteiger partial charge >= 0.3 is 0 Å². The van der Waals surface area contributed by atoms with Crippen LogP contribution in [0.2, 0.25) is 0 Å². The second-order valence-corrected chi connectivity index (χ2v) is 3.75.